The van der Waals surface area contributed by atoms with Crippen LogP contribution in [0.5, 0.6) is 0 Å². The Kier molecular flexibility index (Phi) is 2.19. The van der Waals surface area contributed by atoms with Crippen LogP contribution in [0.2, 0.25) is 0 Å². The minimum atomic E-state index is 0.149. The van der Waals surface area contributed by atoms with Crippen molar-refractivity contribution in [1.82, 2.24) is 9.38 Å². The number of rotatable bonds is 2. The molecule has 3 N–H and O–H groups in total. The highest BCUT2D eigenvalue weighted by atomic mass is 15.0. The van der Waals surface area contributed by atoms with Gasteiger partial charge < -0.3 is 10.1 Å². The molecule has 15 heavy (non-hydrogen) atoms. The van der Waals surface area contributed by atoms with Crippen molar-refractivity contribution in [3.05, 3.63) is 35.4 Å². The van der Waals surface area contributed by atoms with E-state index in [-0.39, 0.29) is 5.84 Å². The Hall–Kier alpha value is -1.84. The van der Waals surface area contributed by atoms with E-state index in [0.29, 0.717) is 6.42 Å². The van der Waals surface area contributed by atoms with Crippen LogP contribution < -0.4 is 5.73 Å². The predicted molar refractivity (Wildman–Crippen MR) is 60.3 cm³/mol. The summed E-state index contributed by atoms with van der Waals surface area (Å²) in [7, 11) is 0. The molecular formula is C11H14N4. The molecule has 0 aliphatic carbocycles. The maximum absolute atomic E-state index is 7.29. The predicted octanol–water partition coefficient (Wildman–Crippen LogP) is 1.43. The maximum atomic E-state index is 7.29. The fourth-order valence-electron chi connectivity index (χ4n) is 1.73. The molecule has 0 unspecified atom stereocenters. The Labute approximate surface area is 88.3 Å². The second kappa shape index (κ2) is 3.38. The van der Waals surface area contributed by atoms with Crippen LogP contribution in [-0.2, 0) is 6.42 Å². The van der Waals surface area contributed by atoms with Gasteiger partial charge in [-0.2, -0.15) is 0 Å². The quantitative estimate of drug-likeness (QED) is 0.571. The van der Waals surface area contributed by atoms with E-state index in [0.717, 1.165) is 17.0 Å². The van der Waals surface area contributed by atoms with Gasteiger partial charge in [0, 0.05) is 12.6 Å². The normalized spacial score (nSPS) is 10.8. The standard InChI is InChI=1S/C11H14N4/c1-7-3-4-10-9(5-11(12)13)14-8(2)15(10)6-7/h3-4,6H,5H2,1-2H3,(H3,12,13). The summed E-state index contributed by atoms with van der Waals surface area (Å²) in [4.78, 5) is 4.41. The number of aromatic nitrogens is 2. The summed E-state index contributed by atoms with van der Waals surface area (Å²) in [5.74, 6) is 1.08. The van der Waals surface area contributed by atoms with E-state index in [2.05, 4.69) is 4.98 Å². The molecule has 78 valence electrons. The van der Waals surface area contributed by atoms with Crippen molar-refractivity contribution in [1.29, 1.82) is 5.41 Å². The summed E-state index contributed by atoms with van der Waals surface area (Å²) in [6.45, 7) is 4.00. The van der Waals surface area contributed by atoms with Crippen molar-refractivity contribution in [3.8, 4) is 0 Å². The van der Waals surface area contributed by atoms with Crippen molar-refractivity contribution in [2.24, 2.45) is 5.73 Å². The van der Waals surface area contributed by atoms with Crippen LogP contribution in [0.1, 0.15) is 17.1 Å². The van der Waals surface area contributed by atoms with Crippen LogP contribution >= 0.6 is 0 Å². The maximum Gasteiger partial charge on any atom is 0.110 e. The summed E-state index contributed by atoms with van der Waals surface area (Å²) < 4.78 is 2.04. The fourth-order valence-corrected chi connectivity index (χ4v) is 1.73. The average Bonchev–Trinajstić information content (AvgIpc) is 2.42. The molecule has 2 aromatic heterocycles. The molecule has 0 saturated heterocycles. The molecule has 0 aromatic carbocycles. The van der Waals surface area contributed by atoms with Gasteiger partial charge in [-0.25, -0.2) is 4.98 Å². The van der Waals surface area contributed by atoms with Crippen molar-refractivity contribution in [3.63, 3.8) is 0 Å². The van der Waals surface area contributed by atoms with E-state index >= 15 is 0 Å². The lowest BCUT2D eigenvalue weighted by Crippen LogP contribution is -2.13. The number of fused-ring (bicyclic) bond motifs is 1. The Morgan fingerprint density at radius 1 is 1.47 bits per heavy atom. The van der Waals surface area contributed by atoms with Gasteiger partial charge >= 0.3 is 0 Å². The summed E-state index contributed by atoms with van der Waals surface area (Å²) >= 11 is 0. The average molecular weight is 202 g/mol. The summed E-state index contributed by atoms with van der Waals surface area (Å²) in [6, 6.07) is 4.06. The Morgan fingerprint density at radius 2 is 2.20 bits per heavy atom. The number of nitrogens with zero attached hydrogens (tertiary/aromatic N) is 2. The zero-order valence-electron chi connectivity index (χ0n) is 8.91. The number of hydrogen-bond acceptors (Lipinski definition) is 2. The topological polar surface area (TPSA) is 67.2 Å². The van der Waals surface area contributed by atoms with Gasteiger partial charge in [-0.05, 0) is 25.5 Å². The van der Waals surface area contributed by atoms with Crippen LogP contribution in [-0.4, -0.2) is 15.2 Å². The number of pyridine rings is 1. The van der Waals surface area contributed by atoms with Gasteiger partial charge in [0.2, 0.25) is 0 Å². The Morgan fingerprint density at radius 3 is 2.87 bits per heavy atom. The van der Waals surface area contributed by atoms with E-state index in [1.165, 1.54) is 5.56 Å². The highest BCUT2D eigenvalue weighted by molar-refractivity contribution is 5.81. The lowest BCUT2D eigenvalue weighted by Gasteiger charge is -1.99. The van der Waals surface area contributed by atoms with E-state index in [1.807, 2.05) is 36.6 Å². The van der Waals surface area contributed by atoms with Crippen LogP contribution in [0.3, 0.4) is 0 Å². The van der Waals surface area contributed by atoms with Crippen molar-refractivity contribution < 1.29 is 0 Å². The number of aryl methyl sites for hydroxylation is 2. The highest BCUT2D eigenvalue weighted by Crippen LogP contribution is 2.14. The molecule has 0 radical (unpaired) electrons. The van der Waals surface area contributed by atoms with Crippen LogP contribution in [0, 0.1) is 19.3 Å². The van der Waals surface area contributed by atoms with Crippen LogP contribution in [0.4, 0.5) is 0 Å². The first kappa shape index (κ1) is 9.71. The first-order valence-electron chi connectivity index (χ1n) is 4.85. The van der Waals surface area contributed by atoms with E-state index < -0.39 is 0 Å². The van der Waals surface area contributed by atoms with Gasteiger partial charge in [0.05, 0.1) is 17.0 Å². The zero-order valence-corrected chi connectivity index (χ0v) is 8.91. The molecule has 0 spiro atoms. The second-order valence-electron chi connectivity index (χ2n) is 3.77. The smallest absolute Gasteiger partial charge is 0.110 e. The Balaban J connectivity index is 2.62. The molecule has 0 aliphatic rings. The van der Waals surface area contributed by atoms with Gasteiger partial charge in [0.1, 0.15) is 5.82 Å². The summed E-state index contributed by atoms with van der Waals surface area (Å²) in [5.41, 5.74) is 8.49. The number of nitrogens with two attached hydrogens (primary N) is 1. The van der Waals surface area contributed by atoms with Crippen molar-refractivity contribution >= 4 is 11.4 Å². The van der Waals surface area contributed by atoms with E-state index in [1.54, 1.807) is 0 Å². The van der Waals surface area contributed by atoms with Gasteiger partial charge in [0.25, 0.3) is 0 Å². The molecule has 0 aliphatic heterocycles. The van der Waals surface area contributed by atoms with Gasteiger partial charge in [-0.1, -0.05) is 6.07 Å². The fraction of sp³-hybridized carbons (Fsp3) is 0.273. The molecule has 0 saturated carbocycles. The molecular weight excluding hydrogens is 188 g/mol. The molecule has 2 heterocycles. The molecule has 0 bridgehead atoms. The van der Waals surface area contributed by atoms with Crippen molar-refractivity contribution in [2.75, 3.05) is 0 Å². The lowest BCUT2D eigenvalue weighted by atomic mass is 10.2. The third-order valence-corrected chi connectivity index (χ3v) is 2.40. The number of nitrogens with one attached hydrogen (secondary N) is 1. The molecule has 2 rings (SSSR count). The first-order chi connectivity index (χ1) is 7.08. The molecule has 0 amide bonds. The molecule has 4 nitrogen and oxygen atoms in total. The zero-order chi connectivity index (χ0) is 11.0. The summed E-state index contributed by atoms with van der Waals surface area (Å²) in [6.07, 6.45) is 2.46. The SMILES string of the molecule is Cc1ccc2c(CC(=N)N)nc(C)n2c1. The van der Waals surface area contributed by atoms with Gasteiger partial charge in [-0.3, -0.25) is 5.41 Å². The molecule has 4 heteroatoms. The minimum absolute atomic E-state index is 0.149. The van der Waals surface area contributed by atoms with Gasteiger partial charge in [-0.15, -0.1) is 0 Å². The molecule has 0 atom stereocenters. The monoisotopic (exact) mass is 202 g/mol. The number of hydrogen-bond donors (Lipinski definition) is 2. The van der Waals surface area contributed by atoms with Crippen LogP contribution in [0.15, 0.2) is 18.3 Å². The first-order valence-corrected chi connectivity index (χ1v) is 4.85. The number of imidazole rings is 1. The van der Waals surface area contributed by atoms with Crippen molar-refractivity contribution in [2.45, 2.75) is 20.3 Å². The van der Waals surface area contributed by atoms with Gasteiger partial charge in [0.15, 0.2) is 0 Å². The van der Waals surface area contributed by atoms with E-state index in [9.17, 15) is 0 Å². The van der Waals surface area contributed by atoms with Crippen LogP contribution in [0.25, 0.3) is 5.52 Å². The third kappa shape index (κ3) is 1.70. The molecule has 0 fully saturated rings. The number of amidine groups is 1. The second-order valence-corrected chi connectivity index (χ2v) is 3.77. The highest BCUT2D eigenvalue weighted by Gasteiger charge is 2.08. The van der Waals surface area contributed by atoms with E-state index in [4.69, 9.17) is 11.1 Å². The third-order valence-electron chi connectivity index (χ3n) is 2.40. The lowest BCUT2D eigenvalue weighted by molar-refractivity contribution is 1.02. The molecule has 2 aromatic rings. The Bertz CT molecular complexity index is 525. The summed E-state index contributed by atoms with van der Waals surface area (Å²) in [5, 5.41) is 7.29. The minimum Gasteiger partial charge on any atom is -0.387 e. The largest absolute Gasteiger partial charge is 0.387 e.